The number of aliphatic imine (C=N–C) groups is 1. The van der Waals surface area contributed by atoms with Crippen molar-refractivity contribution in [3.05, 3.63) is 53.9 Å². The molecule has 0 atom stereocenters. The molecule has 0 unspecified atom stereocenters. The van der Waals surface area contributed by atoms with Gasteiger partial charge in [-0.3, -0.25) is 0 Å². The largest absolute Gasteiger partial charge is 0.454 e. The summed E-state index contributed by atoms with van der Waals surface area (Å²) in [5.41, 5.74) is 3.19. The zero-order valence-corrected chi connectivity index (χ0v) is 18.7. The predicted octanol–water partition coefficient (Wildman–Crippen LogP) is 3.60. The summed E-state index contributed by atoms with van der Waals surface area (Å²) in [6.07, 6.45) is 1.86. The van der Waals surface area contributed by atoms with Crippen LogP contribution in [0.1, 0.15) is 24.7 Å². The van der Waals surface area contributed by atoms with Gasteiger partial charge in [-0.25, -0.2) is 9.98 Å². The Morgan fingerprint density at radius 1 is 1.14 bits per heavy atom. The normalized spacial score (nSPS) is 12.7. The summed E-state index contributed by atoms with van der Waals surface area (Å²) in [5, 5.41) is 6.67. The second-order valence-electron chi connectivity index (χ2n) is 6.61. The molecule has 1 aromatic heterocycles. The van der Waals surface area contributed by atoms with Crippen LogP contribution in [0.2, 0.25) is 0 Å². The highest BCUT2D eigenvalue weighted by Crippen LogP contribution is 2.32. The van der Waals surface area contributed by atoms with E-state index in [1.165, 1.54) is 0 Å². The second-order valence-corrected chi connectivity index (χ2v) is 6.61. The zero-order chi connectivity index (χ0) is 19.2. The number of para-hydroxylation sites is 2. The molecule has 2 heterocycles. The van der Waals surface area contributed by atoms with E-state index in [4.69, 9.17) is 9.47 Å². The number of benzene rings is 2. The Labute approximate surface area is 187 Å². The van der Waals surface area contributed by atoms with Gasteiger partial charge < -0.3 is 25.1 Å². The number of aromatic nitrogens is 2. The lowest BCUT2D eigenvalue weighted by Gasteiger charge is -2.11. The Morgan fingerprint density at radius 2 is 2.00 bits per heavy atom. The molecule has 8 heteroatoms. The minimum atomic E-state index is 0. The number of imidazole rings is 1. The van der Waals surface area contributed by atoms with E-state index in [1.54, 1.807) is 0 Å². The lowest BCUT2D eigenvalue weighted by Crippen LogP contribution is -2.37. The molecule has 4 rings (SSSR count). The number of rotatable bonds is 7. The summed E-state index contributed by atoms with van der Waals surface area (Å²) >= 11 is 0. The van der Waals surface area contributed by atoms with E-state index >= 15 is 0 Å². The Hall–Kier alpha value is -2.49. The van der Waals surface area contributed by atoms with Gasteiger partial charge in [0.1, 0.15) is 5.82 Å². The number of guanidine groups is 1. The van der Waals surface area contributed by atoms with Crippen LogP contribution in [-0.4, -0.2) is 35.8 Å². The van der Waals surface area contributed by atoms with Gasteiger partial charge in [0.25, 0.3) is 0 Å². The highest BCUT2D eigenvalue weighted by atomic mass is 127. The van der Waals surface area contributed by atoms with E-state index in [0.29, 0.717) is 6.54 Å². The molecule has 0 amide bonds. The fourth-order valence-electron chi connectivity index (χ4n) is 3.14. The minimum absolute atomic E-state index is 0. The molecular weight excluding hydrogens is 481 g/mol. The van der Waals surface area contributed by atoms with E-state index in [9.17, 15) is 0 Å². The number of hydrogen-bond donors (Lipinski definition) is 3. The maximum Gasteiger partial charge on any atom is 0.231 e. The molecule has 3 N–H and O–H groups in total. The second kappa shape index (κ2) is 10.3. The molecule has 29 heavy (non-hydrogen) atoms. The molecule has 2 aromatic carbocycles. The van der Waals surface area contributed by atoms with Crippen LogP contribution in [0.15, 0.2) is 47.5 Å². The molecule has 0 radical (unpaired) electrons. The highest BCUT2D eigenvalue weighted by molar-refractivity contribution is 14.0. The average Bonchev–Trinajstić information content (AvgIpc) is 3.34. The number of aryl methyl sites for hydroxylation is 1. The van der Waals surface area contributed by atoms with Crippen molar-refractivity contribution in [2.75, 3.05) is 19.9 Å². The van der Waals surface area contributed by atoms with Gasteiger partial charge in [-0.1, -0.05) is 18.2 Å². The first-order valence-electron chi connectivity index (χ1n) is 9.66. The van der Waals surface area contributed by atoms with Crippen molar-refractivity contribution in [1.29, 1.82) is 0 Å². The van der Waals surface area contributed by atoms with Crippen LogP contribution in [0.3, 0.4) is 0 Å². The molecule has 0 saturated carbocycles. The number of ether oxygens (including phenoxy) is 2. The Bertz CT molecular complexity index is 940. The van der Waals surface area contributed by atoms with Crippen molar-refractivity contribution in [3.8, 4) is 11.5 Å². The average molecular weight is 507 g/mol. The molecule has 154 valence electrons. The van der Waals surface area contributed by atoms with Gasteiger partial charge in [-0.15, -0.1) is 24.0 Å². The monoisotopic (exact) mass is 507 g/mol. The number of fused-ring (bicyclic) bond motifs is 2. The first-order chi connectivity index (χ1) is 13.8. The molecule has 0 fully saturated rings. The molecule has 1 aliphatic heterocycles. The highest BCUT2D eigenvalue weighted by Gasteiger charge is 2.13. The standard InChI is InChI=1S/C21H25N5O2.HI/c1-2-22-21(24-13-15-9-10-18-19(12-15)28-14-27-18)23-11-5-8-20-25-16-6-3-4-7-17(16)26-20;/h3-4,6-7,9-10,12H,2,5,8,11,13-14H2,1H3,(H,25,26)(H2,22,23,24);1H. The molecule has 0 aliphatic carbocycles. The summed E-state index contributed by atoms with van der Waals surface area (Å²) in [5.74, 6) is 3.41. The number of hydrogen-bond acceptors (Lipinski definition) is 4. The number of nitrogens with zero attached hydrogens (tertiary/aromatic N) is 2. The van der Waals surface area contributed by atoms with E-state index in [2.05, 4.69) is 38.6 Å². The number of aromatic amines is 1. The van der Waals surface area contributed by atoms with Crippen LogP contribution in [0, 0.1) is 0 Å². The van der Waals surface area contributed by atoms with Gasteiger partial charge in [0.05, 0.1) is 17.6 Å². The van der Waals surface area contributed by atoms with Crippen LogP contribution in [-0.2, 0) is 13.0 Å². The summed E-state index contributed by atoms with van der Waals surface area (Å²) in [6.45, 7) is 4.57. The molecule has 3 aromatic rings. The molecular formula is C21H26IN5O2. The minimum Gasteiger partial charge on any atom is -0.454 e. The molecule has 7 nitrogen and oxygen atoms in total. The molecule has 0 bridgehead atoms. The van der Waals surface area contributed by atoms with Crippen molar-refractivity contribution in [3.63, 3.8) is 0 Å². The summed E-state index contributed by atoms with van der Waals surface area (Å²) < 4.78 is 10.8. The first kappa shape index (κ1) is 21.2. The van der Waals surface area contributed by atoms with E-state index in [0.717, 1.165) is 65.8 Å². The van der Waals surface area contributed by atoms with E-state index in [-0.39, 0.29) is 30.8 Å². The Kier molecular flexibility index (Phi) is 7.56. The smallest absolute Gasteiger partial charge is 0.231 e. The van der Waals surface area contributed by atoms with Crippen molar-refractivity contribution >= 4 is 41.0 Å². The van der Waals surface area contributed by atoms with Gasteiger partial charge in [-0.2, -0.15) is 0 Å². The topological polar surface area (TPSA) is 83.6 Å². The van der Waals surface area contributed by atoms with Gasteiger partial charge >= 0.3 is 0 Å². The first-order valence-corrected chi connectivity index (χ1v) is 9.66. The van der Waals surface area contributed by atoms with Crippen LogP contribution < -0.4 is 20.1 Å². The Balaban J connectivity index is 0.00000240. The maximum atomic E-state index is 5.43. The number of halogens is 1. The predicted molar refractivity (Wildman–Crippen MR) is 125 cm³/mol. The fourth-order valence-corrected chi connectivity index (χ4v) is 3.14. The third-order valence-electron chi connectivity index (χ3n) is 4.52. The SMILES string of the molecule is CCNC(=NCc1ccc2c(c1)OCO2)NCCCc1nc2ccccc2[nH]1.I. The zero-order valence-electron chi connectivity index (χ0n) is 16.4. The van der Waals surface area contributed by atoms with E-state index < -0.39 is 0 Å². The van der Waals surface area contributed by atoms with Gasteiger partial charge in [0.15, 0.2) is 17.5 Å². The lowest BCUT2D eigenvalue weighted by molar-refractivity contribution is 0.174. The molecule has 0 saturated heterocycles. The Morgan fingerprint density at radius 3 is 2.86 bits per heavy atom. The maximum absolute atomic E-state index is 5.43. The van der Waals surface area contributed by atoms with Crippen LogP contribution in [0.4, 0.5) is 0 Å². The summed E-state index contributed by atoms with van der Waals surface area (Å²) in [7, 11) is 0. The third kappa shape index (κ3) is 5.53. The fraction of sp³-hybridized carbons (Fsp3) is 0.333. The van der Waals surface area contributed by atoms with Crippen LogP contribution >= 0.6 is 24.0 Å². The van der Waals surface area contributed by atoms with Gasteiger partial charge in [-0.05, 0) is 43.2 Å². The molecule has 1 aliphatic rings. The van der Waals surface area contributed by atoms with Crippen LogP contribution in [0.25, 0.3) is 11.0 Å². The third-order valence-corrected chi connectivity index (χ3v) is 4.52. The van der Waals surface area contributed by atoms with Gasteiger partial charge in [0.2, 0.25) is 6.79 Å². The van der Waals surface area contributed by atoms with Crippen molar-refractivity contribution in [2.45, 2.75) is 26.3 Å². The van der Waals surface area contributed by atoms with Crippen molar-refractivity contribution in [1.82, 2.24) is 20.6 Å². The van der Waals surface area contributed by atoms with Gasteiger partial charge in [0, 0.05) is 19.5 Å². The lowest BCUT2D eigenvalue weighted by atomic mass is 10.2. The van der Waals surface area contributed by atoms with Crippen molar-refractivity contribution < 1.29 is 9.47 Å². The summed E-state index contributed by atoms with van der Waals surface area (Å²) in [6, 6.07) is 14.0. The number of H-pyrrole nitrogens is 1. The quantitative estimate of drug-likeness (QED) is 0.197. The van der Waals surface area contributed by atoms with Crippen molar-refractivity contribution in [2.24, 2.45) is 4.99 Å². The number of nitrogens with one attached hydrogen (secondary N) is 3. The van der Waals surface area contributed by atoms with Crippen LogP contribution in [0.5, 0.6) is 11.5 Å². The van der Waals surface area contributed by atoms with E-state index in [1.807, 2.05) is 36.4 Å². The molecule has 0 spiro atoms. The summed E-state index contributed by atoms with van der Waals surface area (Å²) in [4.78, 5) is 12.7.